The molecular weight excluding hydrogens is 442 g/mol. The van der Waals surface area contributed by atoms with Crippen LogP contribution >= 0.6 is 0 Å². The molecule has 1 fully saturated rings. The summed E-state index contributed by atoms with van der Waals surface area (Å²) in [6.45, 7) is 4.11. The lowest BCUT2D eigenvalue weighted by molar-refractivity contribution is -0.127. The molecule has 0 unspecified atom stereocenters. The summed E-state index contributed by atoms with van der Waals surface area (Å²) in [6, 6.07) is 22.1. The van der Waals surface area contributed by atoms with Crippen molar-refractivity contribution < 1.29 is 19.1 Å². The number of rotatable bonds is 8. The zero-order valence-corrected chi connectivity index (χ0v) is 19.7. The van der Waals surface area contributed by atoms with Crippen molar-refractivity contribution in [1.82, 2.24) is 10.2 Å². The summed E-state index contributed by atoms with van der Waals surface area (Å²) in [4.78, 5) is 38.5. The molecule has 0 aromatic heterocycles. The molecule has 1 aliphatic heterocycles. The minimum Gasteiger partial charge on any atom is -0.489 e. The minimum atomic E-state index is -0.627. The summed E-state index contributed by atoms with van der Waals surface area (Å²) < 4.78 is 5.81. The average Bonchev–Trinajstić information content (AvgIpc) is 3.12. The number of benzene rings is 3. The van der Waals surface area contributed by atoms with E-state index in [2.05, 4.69) is 10.6 Å². The van der Waals surface area contributed by atoms with Crippen LogP contribution in [0, 0.1) is 6.92 Å². The fourth-order valence-electron chi connectivity index (χ4n) is 3.68. The molecule has 4 amide bonds. The molecule has 7 heteroatoms. The second kappa shape index (κ2) is 10.7. The van der Waals surface area contributed by atoms with Gasteiger partial charge in [-0.25, -0.2) is 9.69 Å². The van der Waals surface area contributed by atoms with Crippen LogP contribution in [0.15, 0.2) is 78.5 Å². The van der Waals surface area contributed by atoms with Gasteiger partial charge in [0.15, 0.2) is 0 Å². The third-order valence-electron chi connectivity index (χ3n) is 5.65. The minimum absolute atomic E-state index is 0.116. The SMILES string of the molecule is CCc1ccccc1NC(=O)CN1C(=O)N/C(=C/c2ccc(OCc3ccc(C)cc3)cc2)C1=O. The standard InChI is InChI=1S/C28H27N3O4/c1-3-22-6-4-5-7-24(22)29-26(32)17-31-27(33)25(30-28(31)34)16-20-12-14-23(15-13-20)35-18-21-10-8-19(2)9-11-21/h4-16H,3,17-18H2,1-2H3,(H,29,32)(H,30,34)/b25-16+. The molecule has 1 heterocycles. The number of ether oxygens (including phenoxy) is 1. The van der Waals surface area contributed by atoms with Gasteiger partial charge in [0.25, 0.3) is 5.91 Å². The maximum absolute atomic E-state index is 12.8. The van der Waals surface area contributed by atoms with Gasteiger partial charge in [0.05, 0.1) is 0 Å². The van der Waals surface area contributed by atoms with Gasteiger partial charge in [0, 0.05) is 5.69 Å². The van der Waals surface area contributed by atoms with Gasteiger partial charge < -0.3 is 15.4 Å². The molecule has 3 aromatic carbocycles. The summed E-state index contributed by atoms with van der Waals surface area (Å²) >= 11 is 0. The Kier molecular flexibility index (Phi) is 7.26. The summed E-state index contributed by atoms with van der Waals surface area (Å²) in [7, 11) is 0. The third-order valence-corrected chi connectivity index (χ3v) is 5.65. The Hall–Kier alpha value is -4.39. The Balaban J connectivity index is 1.36. The van der Waals surface area contributed by atoms with E-state index in [1.165, 1.54) is 5.56 Å². The monoisotopic (exact) mass is 469 g/mol. The van der Waals surface area contributed by atoms with Crippen molar-refractivity contribution in [3.05, 3.63) is 101 Å². The van der Waals surface area contributed by atoms with Gasteiger partial charge in [0.1, 0.15) is 24.6 Å². The Morgan fingerprint density at radius 1 is 1.00 bits per heavy atom. The fraction of sp³-hybridized carbons (Fsp3) is 0.179. The molecule has 35 heavy (non-hydrogen) atoms. The van der Waals surface area contributed by atoms with E-state index in [4.69, 9.17) is 4.74 Å². The first kappa shape index (κ1) is 23.8. The van der Waals surface area contributed by atoms with E-state index in [0.29, 0.717) is 18.0 Å². The fourth-order valence-corrected chi connectivity index (χ4v) is 3.68. The smallest absolute Gasteiger partial charge is 0.329 e. The number of para-hydroxylation sites is 1. The summed E-state index contributed by atoms with van der Waals surface area (Å²) in [5, 5.41) is 5.33. The van der Waals surface area contributed by atoms with E-state index in [1.807, 2.05) is 56.3 Å². The van der Waals surface area contributed by atoms with Crippen molar-refractivity contribution in [3.63, 3.8) is 0 Å². The van der Waals surface area contributed by atoms with Crippen LogP contribution in [0.25, 0.3) is 6.08 Å². The number of hydrogen-bond donors (Lipinski definition) is 2. The zero-order chi connectivity index (χ0) is 24.8. The Bertz CT molecular complexity index is 1260. The molecule has 1 aliphatic rings. The van der Waals surface area contributed by atoms with Crippen LogP contribution in [-0.2, 0) is 22.6 Å². The highest BCUT2D eigenvalue weighted by Crippen LogP contribution is 2.19. The quantitative estimate of drug-likeness (QED) is 0.371. The molecule has 178 valence electrons. The molecule has 0 radical (unpaired) electrons. The number of imide groups is 1. The maximum atomic E-state index is 12.8. The highest BCUT2D eigenvalue weighted by molar-refractivity contribution is 6.16. The van der Waals surface area contributed by atoms with Crippen LogP contribution in [0.4, 0.5) is 10.5 Å². The first-order valence-electron chi connectivity index (χ1n) is 11.4. The van der Waals surface area contributed by atoms with Crippen LogP contribution in [0.5, 0.6) is 5.75 Å². The van der Waals surface area contributed by atoms with Crippen molar-refractivity contribution in [2.45, 2.75) is 26.9 Å². The molecule has 1 saturated heterocycles. The summed E-state index contributed by atoms with van der Waals surface area (Å²) in [5.74, 6) is -0.292. The van der Waals surface area contributed by atoms with Gasteiger partial charge in [-0.1, -0.05) is 67.1 Å². The second-order valence-corrected chi connectivity index (χ2v) is 8.28. The highest BCUT2D eigenvalue weighted by Gasteiger charge is 2.35. The summed E-state index contributed by atoms with van der Waals surface area (Å²) in [6.07, 6.45) is 2.33. The normalized spacial score (nSPS) is 14.2. The first-order valence-corrected chi connectivity index (χ1v) is 11.4. The van der Waals surface area contributed by atoms with Crippen LogP contribution in [0.2, 0.25) is 0 Å². The number of hydrogen-bond acceptors (Lipinski definition) is 4. The molecule has 0 saturated carbocycles. The third kappa shape index (κ3) is 5.95. The van der Waals surface area contributed by atoms with E-state index < -0.39 is 17.8 Å². The van der Waals surface area contributed by atoms with Gasteiger partial charge in [0.2, 0.25) is 5.91 Å². The topological polar surface area (TPSA) is 87.7 Å². The van der Waals surface area contributed by atoms with Crippen LogP contribution in [0.3, 0.4) is 0 Å². The lowest BCUT2D eigenvalue weighted by atomic mass is 10.1. The molecule has 7 nitrogen and oxygen atoms in total. The number of amides is 4. The molecule has 4 rings (SSSR count). The lowest BCUT2D eigenvalue weighted by Crippen LogP contribution is -2.38. The Morgan fingerprint density at radius 3 is 2.43 bits per heavy atom. The van der Waals surface area contributed by atoms with Crippen LogP contribution < -0.4 is 15.4 Å². The van der Waals surface area contributed by atoms with Gasteiger partial charge in [-0.3, -0.25) is 9.59 Å². The lowest BCUT2D eigenvalue weighted by Gasteiger charge is -2.13. The molecule has 0 atom stereocenters. The van der Waals surface area contributed by atoms with Crippen molar-refractivity contribution in [1.29, 1.82) is 0 Å². The molecule has 3 aromatic rings. The van der Waals surface area contributed by atoms with Crippen molar-refractivity contribution in [2.24, 2.45) is 0 Å². The Morgan fingerprint density at radius 2 is 1.71 bits per heavy atom. The molecule has 0 spiro atoms. The first-order chi connectivity index (χ1) is 16.9. The number of carbonyl (C=O) groups is 3. The van der Waals surface area contributed by atoms with E-state index in [-0.39, 0.29) is 12.2 Å². The van der Waals surface area contributed by atoms with E-state index in [9.17, 15) is 14.4 Å². The van der Waals surface area contributed by atoms with Gasteiger partial charge >= 0.3 is 6.03 Å². The number of nitrogens with one attached hydrogen (secondary N) is 2. The molecule has 0 bridgehead atoms. The van der Waals surface area contributed by atoms with E-state index >= 15 is 0 Å². The number of carbonyl (C=O) groups excluding carboxylic acids is 3. The zero-order valence-electron chi connectivity index (χ0n) is 19.7. The number of anilines is 1. The Labute approximate surface area is 204 Å². The van der Waals surface area contributed by atoms with Crippen molar-refractivity contribution in [2.75, 3.05) is 11.9 Å². The molecule has 2 N–H and O–H groups in total. The van der Waals surface area contributed by atoms with E-state index in [0.717, 1.165) is 28.0 Å². The summed E-state index contributed by atoms with van der Waals surface area (Å²) in [5.41, 5.74) is 4.76. The van der Waals surface area contributed by atoms with Gasteiger partial charge in [-0.15, -0.1) is 0 Å². The maximum Gasteiger partial charge on any atom is 0.329 e. The van der Waals surface area contributed by atoms with Gasteiger partial charge in [-0.05, 0) is 54.3 Å². The highest BCUT2D eigenvalue weighted by atomic mass is 16.5. The van der Waals surface area contributed by atoms with Gasteiger partial charge in [-0.2, -0.15) is 0 Å². The predicted octanol–water partition coefficient (Wildman–Crippen LogP) is 4.67. The van der Waals surface area contributed by atoms with Crippen LogP contribution in [-0.4, -0.2) is 29.3 Å². The second-order valence-electron chi connectivity index (χ2n) is 8.28. The predicted molar refractivity (Wildman–Crippen MR) is 135 cm³/mol. The van der Waals surface area contributed by atoms with Crippen LogP contribution in [0.1, 0.15) is 29.2 Å². The number of nitrogens with zero attached hydrogens (tertiary/aromatic N) is 1. The van der Waals surface area contributed by atoms with E-state index in [1.54, 1.807) is 36.4 Å². The molecular formula is C28H27N3O4. The molecule has 0 aliphatic carbocycles. The average molecular weight is 470 g/mol. The number of aryl methyl sites for hydroxylation is 2. The van der Waals surface area contributed by atoms with Crippen molar-refractivity contribution in [3.8, 4) is 5.75 Å². The largest absolute Gasteiger partial charge is 0.489 e. The van der Waals surface area contributed by atoms with Crippen molar-refractivity contribution >= 4 is 29.6 Å². The number of urea groups is 1.